The van der Waals surface area contributed by atoms with Gasteiger partial charge in [-0.05, 0) is 25.3 Å². The fourth-order valence-corrected chi connectivity index (χ4v) is 3.43. The average molecular weight is 329 g/mol. The first-order chi connectivity index (χ1) is 11.8. The third-order valence-electron chi connectivity index (χ3n) is 4.58. The van der Waals surface area contributed by atoms with E-state index in [0.29, 0.717) is 6.61 Å². The number of nitrogens with one attached hydrogen (secondary N) is 1. The highest BCUT2D eigenvalue weighted by Crippen LogP contribution is 2.28. The Morgan fingerprint density at radius 1 is 1.38 bits per heavy atom. The Bertz CT molecular complexity index is 614. The minimum absolute atomic E-state index is 0.00933. The van der Waals surface area contributed by atoms with Gasteiger partial charge in [-0.2, -0.15) is 0 Å². The first-order valence-electron chi connectivity index (χ1n) is 8.73. The first-order valence-corrected chi connectivity index (χ1v) is 8.73. The minimum Gasteiger partial charge on any atom is -0.383 e. The lowest BCUT2D eigenvalue weighted by atomic mass is 10.0. The molecule has 0 saturated carbocycles. The number of nitrogens with zero attached hydrogens (tertiary/aromatic N) is 2. The van der Waals surface area contributed by atoms with Crippen LogP contribution in [0.5, 0.6) is 0 Å². The molecule has 24 heavy (non-hydrogen) atoms. The van der Waals surface area contributed by atoms with Crippen molar-refractivity contribution in [3.8, 4) is 0 Å². The summed E-state index contributed by atoms with van der Waals surface area (Å²) in [4.78, 5) is 4.52. The molecule has 3 atom stereocenters. The Labute approximate surface area is 144 Å². The molecule has 1 saturated heterocycles. The van der Waals surface area contributed by atoms with Crippen molar-refractivity contribution in [1.29, 1.82) is 0 Å². The third-order valence-corrected chi connectivity index (χ3v) is 4.58. The van der Waals surface area contributed by atoms with Crippen LogP contribution in [0.3, 0.4) is 0 Å². The Balaban J connectivity index is 1.69. The van der Waals surface area contributed by atoms with Gasteiger partial charge in [0.25, 0.3) is 0 Å². The van der Waals surface area contributed by atoms with Crippen LogP contribution in [0.15, 0.2) is 42.7 Å². The van der Waals surface area contributed by atoms with Crippen molar-refractivity contribution < 1.29 is 9.47 Å². The summed E-state index contributed by atoms with van der Waals surface area (Å²) in [6, 6.07) is 11.1. The molecule has 5 heteroatoms. The molecule has 1 aromatic heterocycles. The predicted molar refractivity (Wildman–Crippen MR) is 93.9 cm³/mol. The first kappa shape index (κ1) is 17.1. The van der Waals surface area contributed by atoms with Crippen molar-refractivity contribution >= 4 is 0 Å². The Hall–Kier alpha value is -1.69. The molecule has 0 bridgehead atoms. The van der Waals surface area contributed by atoms with E-state index in [2.05, 4.69) is 46.1 Å². The van der Waals surface area contributed by atoms with Gasteiger partial charge in [-0.25, -0.2) is 4.98 Å². The lowest BCUT2D eigenvalue weighted by Gasteiger charge is -2.26. The van der Waals surface area contributed by atoms with Gasteiger partial charge in [0, 0.05) is 44.7 Å². The number of hydrogen-bond acceptors (Lipinski definition) is 4. The van der Waals surface area contributed by atoms with Gasteiger partial charge in [0.05, 0.1) is 6.61 Å². The van der Waals surface area contributed by atoms with Crippen LogP contribution < -0.4 is 5.32 Å². The number of ether oxygens (including phenoxy) is 2. The smallest absolute Gasteiger partial charge is 0.139 e. The molecular formula is C19H27N3O2. The normalized spacial score (nSPS) is 21.9. The summed E-state index contributed by atoms with van der Waals surface area (Å²) in [6.07, 6.45) is 5.82. The molecule has 1 aromatic carbocycles. The zero-order chi connectivity index (χ0) is 16.8. The van der Waals surface area contributed by atoms with Gasteiger partial charge < -0.3 is 19.4 Å². The molecule has 5 nitrogen and oxygen atoms in total. The van der Waals surface area contributed by atoms with Crippen LogP contribution in [0.4, 0.5) is 0 Å². The molecule has 1 aliphatic rings. The van der Waals surface area contributed by atoms with Crippen molar-refractivity contribution in [1.82, 2.24) is 14.9 Å². The van der Waals surface area contributed by atoms with Gasteiger partial charge in [-0.3, -0.25) is 0 Å². The quantitative estimate of drug-likeness (QED) is 0.809. The summed E-state index contributed by atoms with van der Waals surface area (Å²) < 4.78 is 13.6. The maximum atomic E-state index is 6.00. The topological polar surface area (TPSA) is 48.3 Å². The number of aromatic nitrogens is 2. The highest BCUT2D eigenvalue weighted by Gasteiger charge is 2.34. The zero-order valence-electron chi connectivity index (χ0n) is 14.5. The standard InChI is InChI=1S/C19H27N3O2/c1-3-22-11-10-20-19(22)18-17(9-12-24-18)21-16(14-23-2)13-15-7-5-4-6-8-15/h4-8,10-11,16-18,21H,3,9,12-14H2,1-2H3/t16-,17+,18+/m1/s1. The maximum Gasteiger partial charge on any atom is 0.139 e. The van der Waals surface area contributed by atoms with Crippen molar-refractivity contribution in [2.45, 2.75) is 44.5 Å². The number of hydrogen-bond donors (Lipinski definition) is 1. The lowest BCUT2D eigenvalue weighted by Crippen LogP contribution is -2.44. The highest BCUT2D eigenvalue weighted by molar-refractivity contribution is 5.16. The van der Waals surface area contributed by atoms with E-state index in [1.165, 1.54) is 5.56 Å². The Morgan fingerprint density at radius 2 is 2.21 bits per heavy atom. The molecule has 1 fully saturated rings. The SMILES string of the molecule is CCn1ccnc1[C@H]1OCC[C@@H]1N[C@@H](COC)Cc1ccccc1. The fourth-order valence-electron chi connectivity index (χ4n) is 3.43. The van der Waals surface area contributed by atoms with Crippen LogP contribution in [0, 0.1) is 0 Å². The number of imidazole rings is 1. The van der Waals surface area contributed by atoms with Crippen LogP contribution in [-0.4, -0.2) is 42.0 Å². The van der Waals surface area contributed by atoms with Gasteiger partial charge in [0.15, 0.2) is 0 Å². The van der Waals surface area contributed by atoms with Gasteiger partial charge in [0.1, 0.15) is 11.9 Å². The van der Waals surface area contributed by atoms with Crippen molar-refractivity contribution in [3.63, 3.8) is 0 Å². The molecule has 3 rings (SSSR count). The number of benzene rings is 1. The van der Waals surface area contributed by atoms with E-state index in [4.69, 9.17) is 9.47 Å². The van der Waals surface area contributed by atoms with E-state index in [1.54, 1.807) is 7.11 Å². The average Bonchev–Trinajstić information content (AvgIpc) is 3.24. The molecule has 0 amide bonds. The second-order valence-electron chi connectivity index (χ2n) is 6.27. The van der Waals surface area contributed by atoms with Crippen LogP contribution in [0.25, 0.3) is 0 Å². The molecule has 0 spiro atoms. The minimum atomic E-state index is 0.00933. The van der Waals surface area contributed by atoms with E-state index < -0.39 is 0 Å². The summed E-state index contributed by atoms with van der Waals surface area (Å²) in [7, 11) is 1.76. The molecule has 1 N–H and O–H groups in total. The number of methoxy groups -OCH3 is 1. The second kappa shape index (κ2) is 8.42. The van der Waals surface area contributed by atoms with E-state index >= 15 is 0 Å². The summed E-state index contributed by atoms with van der Waals surface area (Å²) >= 11 is 0. The molecule has 0 unspecified atom stereocenters. The van der Waals surface area contributed by atoms with Gasteiger partial charge >= 0.3 is 0 Å². The van der Waals surface area contributed by atoms with Crippen LogP contribution in [0.2, 0.25) is 0 Å². The number of aryl methyl sites for hydroxylation is 1. The van der Waals surface area contributed by atoms with Crippen molar-refractivity contribution in [3.05, 3.63) is 54.1 Å². The van der Waals surface area contributed by atoms with Crippen LogP contribution >= 0.6 is 0 Å². The van der Waals surface area contributed by atoms with Crippen molar-refractivity contribution in [2.75, 3.05) is 20.3 Å². The maximum absolute atomic E-state index is 6.00. The molecule has 0 radical (unpaired) electrons. The fraction of sp³-hybridized carbons (Fsp3) is 0.526. The zero-order valence-corrected chi connectivity index (χ0v) is 14.5. The molecule has 2 aromatic rings. The molecule has 0 aliphatic carbocycles. The predicted octanol–water partition coefficient (Wildman–Crippen LogP) is 2.58. The summed E-state index contributed by atoms with van der Waals surface area (Å²) in [5, 5.41) is 3.75. The molecule has 1 aliphatic heterocycles. The second-order valence-corrected chi connectivity index (χ2v) is 6.27. The number of rotatable bonds is 8. The van der Waals surface area contributed by atoms with Gasteiger partial charge in [-0.15, -0.1) is 0 Å². The third kappa shape index (κ3) is 4.04. The van der Waals surface area contributed by atoms with Gasteiger partial charge in [0.2, 0.25) is 0 Å². The lowest BCUT2D eigenvalue weighted by molar-refractivity contribution is 0.0810. The van der Waals surface area contributed by atoms with Crippen LogP contribution in [0.1, 0.15) is 30.8 Å². The Kier molecular flexibility index (Phi) is 6.01. The largest absolute Gasteiger partial charge is 0.383 e. The van der Waals surface area contributed by atoms with E-state index in [1.807, 2.05) is 18.5 Å². The molecular weight excluding hydrogens is 302 g/mol. The van der Waals surface area contributed by atoms with Gasteiger partial charge in [-0.1, -0.05) is 30.3 Å². The summed E-state index contributed by atoms with van der Waals surface area (Å²) in [5.41, 5.74) is 1.32. The molecule has 130 valence electrons. The molecule has 2 heterocycles. The summed E-state index contributed by atoms with van der Waals surface area (Å²) in [6.45, 7) is 4.49. The Morgan fingerprint density at radius 3 is 2.96 bits per heavy atom. The monoisotopic (exact) mass is 329 g/mol. The highest BCUT2D eigenvalue weighted by atomic mass is 16.5. The van der Waals surface area contributed by atoms with Crippen LogP contribution in [-0.2, 0) is 22.4 Å². The van der Waals surface area contributed by atoms with E-state index in [0.717, 1.165) is 31.8 Å². The van der Waals surface area contributed by atoms with Crippen molar-refractivity contribution in [2.24, 2.45) is 0 Å². The van der Waals surface area contributed by atoms with E-state index in [9.17, 15) is 0 Å². The van der Waals surface area contributed by atoms with E-state index in [-0.39, 0.29) is 18.2 Å². The summed E-state index contributed by atoms with van der Waals surface area (Å²) in [5.74, 6) is 1.02.